The number of carbonyl (C=O) groups excluding carboxylic acids is 1. The molecule has 1 amide bonds. The monoisotopic (exact) mass is 602 g/mol. The number of amides is 1. The van der Waals surface area contributed by atoms with Crippen molar-refractivity contribution in [2.45, 2.75) is 37.8 Å². The third-order valence-electron chi connectivity index (χ3n) is 6.04. The lowest BCUT2D eigenvalue weighted by Crippen LogP contribution is -2.49. The number of aromatic carboxylic acids is 1. The number of carbonyl (C=O) groups is 3. The molecule has 0 unspecified atom stereocenters. The number of nitrogens with zero attached hydrogens (tertiary/aromatic N) is 2. The summed E-state index contributed by atoms with van der Waals surface area (Å²) in [6.07, 6.45) is -3.40. The summed E-state index contributed by atoms with van der Waals surface area (Å²) in [5, 5.41) is 19.7. The molecule has 41 heavy (non-hydrogen) atoms. The van der Waals surface area contributed by atoms with Crippen LogP contribution in [0.15, 0.2) is 47.4 Å². The van der Waals surface area contributed by atoms with Gasteiger partial charge in [-0.3, -0.25) is 14.4 Å². The van der Waals surface area contributed by atoms with Gasteiger partial charge in [0, 0.05) is 38.4 Å². The Balaban J connectivity index is 0.000000745. The number of hydrogen-bond acceptors (Lipinski definition) is 7. The molecule has 1 fully saturated rings. The molecule has 0 atom stereocenters. The van der Waals surface area contributed by atoms with Gasteiger partial charge in [0.15, 0.2) is 0 Å². The van der Waals surface area contributed by atoms with Gasteiger partial charge in [0.25, 0.3) is 10.0 Å². The molecule has 3 rings (SSSR count). The summed E-state index contributed by atoms with van der Waals surface area (Å²) >= 11 is 0. The average Bonchev–Trinajstić information content (AvgIpc) is 2.92. The lowest BCUT2D eigenvalue weighted by molar-refractivity contribution is -0.192. The molecule has 4 N–H and O–H groups in total. The van der Waals surface area contributed by atoms with Crippen LogP contribution in [-0.2, 0) is 26.0 Å². The Hall–Kier alpha value is -3.85. The second-order valence-electron chi connectivity index (χ2n) is 9.05. The normalized spacial score (nSPS) is 14.0. The quantitative estimate of drug-likeness (QED) is 0.321. The van der Waals surface area contributed by atoms with Crippen molar-refractivity contribution >= 4 is 39.2 Å². The fraction of sp³-hybridized carbons (Fsp3) is 0.423. The Morgan fingerprint density at radius 1 is 0.951 bits per heavy atom. The zero-order valence-corrected chi connectivity index (χ0v) is 23.4. The Morgan fingerprint density at radius 3 is 2.02 bits per heavy atom. The number of alkyl halides is 3. The summed E-state index contributed by atoms with van der Waals surface area (Å²) in [6, 6.07) is 11.2. The van der Waals surface area contributed by atoms with Crippen molar-refractivity contribution < 1.29 is 46.2 Å². The molecule has 1 aliphatic heterocycles. The first-order valence-corrected chi connectivity index (χ1v) is 14.2. The molecule has 1 saturated heterocycles. The molecule has 0 aromatic heterocycles. The number of aryl methyl sites for hydroxylation is 1. The summed E-state index contributed by atoms with van der Waals surface area (Å²) in [4.78, 5) is 36.9. The Morgan fingerprint density at radius 2 is 1.54 bits per heavy atom. The minimum atomic E-state index is -5.08. The Bertz CT molecular complexity index is 1310. The molecule has 0 radical (unpaired) electrons. The van der Waals surface area contributed by atoms with Gasteiger partial charge >= 0.3 is 18.1 Å². The minimum absolute atomic E-state index is 0.00411. The second-order valence-corrected chi connectivity index (χ2v) is 10.7. The molecule has 0 spiro atoms. The summed E-state index contributed by atoms with van der Waals surface area (Å²) in [6.45, 7) is 7.60. The van der Waals surface area contributed by atoms with Crippen molar-refractivity contribution in [1.29, 1.82) is 0 Å². The standard InChI is InChI=1S/C24H32N4O5S.C2HF3O2/c1-3-11-25-23(29)17-27-12-14-28(15-13-27)19-7-10-22(21(16-19)24(30)31)26-34(32,33)20-8-5-18(4-2)6-9-20;3-2(4,5)1(6)7/h5-10,16,26H,3-4,11-15,17H2,1-2H3,(H,25,29)(H,30,31);(H,6,7). The number of benzene rings is 2. The van der Waals surface area contributed by atoms with Gasteiger partial charge in [-0.15, -0.1) is 0 Å². The van der Waals surface area contributed by atoms with Gasteiger partial charge in [-0.1, -0.05) is 26.0 Å². The maximum Gasteiger partial charge on any atom is 0.490 e. The lowest BCUT2D eigenvalue weighted by Gasteiger charge is -2.36. The van der Waals surface area contributed by atoms with E-state index < -0.39 is 28.1 Å². The van der Waals surface area contributed by atoms with Gasteiger partial charge in [-0.05, 0) is 48.7 Å². The maximum atomic E-state index is 12.8. The SMILES string of the molecule is CCCNC(=O)CN1CCN(c2ccc(NS(=O)(=O)c3ccc(CC)cc3)c(C(=O)O)c2)CC1.O=C(O)C(F)(F)F. The van der Waals surface area contributed by atoms with E-state index in [9.17, 15) is 36.3 Å². The van der Waals surface area contributed by atoms with Crippen molar-refractivity contribution in [2.24, 2.45) is 0 Å². The Labute approximate surface area is 236 Å². The largest absolute Gasteiger partial charge is 0.490 e. The van der Waals surface area contributed by atoms with Gasteiger partial charge in [-0.25, -0.2) is 18.0 Å². The molecule has 226 valence electrons. The van der Waals surface area contributed by atoms with Crippen LogP contribution in [0.25, 0.3) is 0 Å². The van der Waals surface area contributed by atoms with E-state index >= 15 is 0 Å². The maximum absolute atomic E-state index is 12.8. The van der Waals surface area contributed by atoms with E-state index in [1.165, 1.54) is 24.3 Å². The van der Waals surface area contributed by atoms with Crippen LogP contribution >= 0.6 is 0 Å². The average molecular weight is 603 g/mol. The predicted octanol–water partition coefficient (Wildman–Crippen LogP) is 3.03. The second kappa shape index (κ2) is 14.7. The zero-order valence-electron chi connectivity index (χ0n) is 22.6. The van der Waals surface area contributed by atoms with Crippen LogP contribution in [0.4, 0.5) is 24.5 Å². The first-order valence-electron chi connectivity index (χ1n) is 12.7. The number of halogens is 3. The third-order valence-corrected chi connectivity index (χ3v) is 7.42. The minimum Gasteiger partial charge on any atom is -0.478 e. The molecule has 0 aliphatic carbocycles. The fourth-order valence-electron chi connectivity index (χ4n) is 3.79. The molecular formula is C26H33F3N4O7S. The number of hydrogen-bond donors (Lipinski definition) is 4. The highest BCUT2D eigenvalue weighted by atomic mass is 32.2. The van der Waals surface area contributed by atoms with Crippen molar-refractivity contribution in [1.82, 2.24) is 10.2 Å². The van der Waals surface area contributed by atoms with Crippen LogP contribution < -0.4 is 14.9 Å². The summed E-state index contributed by atoms with van der Waals surface area (Å²) in [7, 11) is -3.93. The van der Waals surface area contributed by atoms with Gasteiger partial charge < -0.3 is 20.4 Å². The van der Waals surface area contributed by atoms with E-state index in [1.807, 2.05) is 18.7 Å². The van der Waals surface area contributed by atoms with E-state index in [1.54, 1.807) is 18.2 Å². The van der Waals surface area contributed by atoms with E-state index in [-0.39, 0.29) is 22.1 Å². The molecular weight excluding hydrogens is 569 g/mol. The number of anilines is 2. The third kappa shape index (κ3) is 10.2. The number of sulfonamides is 1. The van der Waals surface area contributed by atoms with Gasteiger partial charge in [0.1, 0.15) is 0 Å². The zero-order chi connectivity index (χ0) is 30.8. The number of carboxylic acids is 2. The Kier molecular flexibility index (Phi) is 11.9. The van der Waals surface area contributed by atoms with Crippen molar-refractivity contribution in [3.05, 3.63) is 53.6 Å². The summed E-state index contributed by atoms with van der Waals surface area (Å²) in [5.41, 5.74) is 1.61. The predicted molar refractivity (Wildman–Crippen MR) is 146 cm³/mol. The molecule has 0 bridgehead atoms. The number of aliphatic carboxylic acids is 1. The highest BCUT2D eigenvalue weighted by molar-refractivity contribution is 7.92. The van der Waals surface area contributed by atoms with Crippen LogP contribution in [0, 0.1) is 0 Å². The first-order chi connectivity index (χ1) is 19.2. The topological polar surface area (TPSA) is 156 Å². The molecule has 2 aromatic rings. The molecule has 11 nitrogen and oxygen atoms in total. The van der Waals surface area contributed by atoms with E-state index in [0.29, 0.717) is 45.0 Å². The van der Waals surface area contributed by atoms with Crippen LogP contribution in [0.2, 0.25) is 0 Å². The first kappa shape index (κ1) is 33.4. The summed E-state index contributed by atoms with van der Waals surface area (Å²) < 4.78 is 59.8. The summed E-state index contributed by atoms with van der Waals surface area (Å²) in [5.74, 6) is -3.97. The van der Waals surface area contributed by atoms with Crippen LogP contribution in [0.3, 0.4) is 0 Å². The van der Waals surface area contributed by atoms with Gasteiger partial charge in [0.2, 0.25) is 5.91 Å². The number of rotatable bonds is 10. The molecule has 1 heterocycles. The van der Waals surface area contributed by atoms with Crippen molar-refractivity contribution in [3.63, 3.8) is 0 Å². The van der Waals surface area contributed by atoms with Crippen molar-refractivity contribution in [3.8, 4) is 0 Å². The van der Waals surface area contributed by atoms with Crippen LogP contribution in [-0.4, -0.2) is 86.8 Å². The van der Waals surface area contributed by atoms with Crippen LogP contribution in [0.1, 0.15) is 36.2 Å². The van der Waals surface area contributed by atoms with E-state index in [2.05, 4.69) is 14.9 Å². The smallest absolute Gasteiger partial charge is 0.478 e. The molecule has 2 aromatic carbocycles. The fourth-order valence-corrected chi connectivity index (χ4v) is 4.87. The molecule has 1 aliphatic rings. The van der Waals surface area contributed by atoms with Crippen molar-refractivity contribution in [2.75, 3.05) is 48.9 Å². The molecule has 15 heteroatoms. The highest BCUT2D eigenvalue weighted by Gasteiger charge is 2.38. The van der Waals surface area contributed by atoms with E-state index in [4.69, 9.17) is 9.90 Å². The van der Waals surface area contributed by atoms with Crippen LogP contribution in [0.5, 0.6) is 0 Å². The van der Waals surface area contributed by atoms with E-state index in [0.717, 1.165) is 18.4 Å². The van der Waals surface area contributed by atoms with Gasteiger partial charge in [-0.2, -0.15) is 13.2 Å². The lowest BCUT2D eigenvalue weighted by atomic mass is 10.1. The molecule has 0 saturated carbocycles. The highest BCUT2D eigenvalue weighted by Crippen LogP contribution is 2.27. The number of carboxylic acid groups (broad SMARTS) is 2. The van der Waals surface area contributed by atoms with Gasteiger partial charge in [0.05, 0.1) is 22.7 Å². The number of nitrogens with one attached hydrogen (secondary N) is 2. The number of piperazine rings is 1.